The highest BCUT2D eigenvalue weighted by molar-refractivity contribution is 7.32. The molecule has 0 fully saturated rings. The van der Waals surface area contributed by atoms with Gasteiger partial charge in [-0.05, 0) is 104 Å². The van der Waals surface area contributed by atoms with Gasteiger partial charge in [-0.25, -0.2) is 0 Å². The van der Waals surface area contributed by atoms with Crippen LogP contribution in [0.4, 0.5) is 17.1 Å². The lowest BCUT2D eigenvalue weighted by atomic mass is 9.48. The predicted molar refractivity (Wildman–Crippen MR) is 285 cm³/mol. The van der Waals surface area contributed by atoms with Crippen molar-refractivity contribution in [2.45, 2.75) is 77.6 Å². The maximum Gasteiger partial charge on any atom is 0.343 e. The van der Waals surface area contributed by atoms with Gasteiger partial charge in [0.15, 0.2) is 0 Å². The van der Waals surface area contributed by atoms with E-state index in [-0.39, 0.29) is 23.1 Å². The quantitative estimate of drug-likeness (QED) is 0.157. The summed E-state index contributed by atoms with van der Waals surface area (Å²) < 4.78 is 8.28. The molecule has 314 valence electrons. The van der Waals surface area contributed by atoms with E-state index in [1.54, 1.807) is 0 Å². The molecule has 0 spiro atoms. The number of hydrogen-bond acceptors (Lipinski definition) is 3. The Labute approximate surface area is 388 Å². The van der Waals surface area contributed by atoms with E-state index in [1.807, 2.05) is 22.7 Å². The molecule has 0 saturated heterocycles. The van der Waals surface area contributed by atoms with Crippen LogP contribution in [0, 0.1) is 0 Å². The summed E-state index contributed by atoms with van der Waals surface area (Å²) in [5, 5.41) is 9.31. The first-order chi connectivity index (χ1) is 31.4. The predicted octanol–water partition coefficient (Wildman–Crippen LogP) is 16.3. The summed E-state index contributed by atoms with van der Waals surface area (Å²) in [6, 6.07) is 56.4. The Morgan fingerprint density at radius 1 is 0.523 bits per heavy atom. The smallest absolute Gasteiger partial charge is 0.343 e. The van der Waals surface area contributed by atoms with Crippen molar-refractivity contribution in [3.63, 3.8) is 0 Å². The van der Waals surface area contributed by atoms with Crippen molar-refractivity contribution in [2.75, 3.05) is 4.90 Å². The van der Waals surface area contributed by atoms with Gasteiger partial charge in [0.25, 0.3) is 0 Å². The number of thiophene rings is 2. The highest BCUT2D eigenvalue weighted by Gasteiger charge is 2.47. The number of rotatable bonds is 2. The zero-order valence-corrected chi connectivity index (χ0v) is 39.7. The number of para-hydroxylation sites is 1. The third kappa shape index (κ3) is 5.06. The summed E-state index contributed by atoms with van der Waals surface area (Å²) in [7, 11) is 0. The fourth-order valence-corrected chi connectivity index (χ4v) is 14.8. The molecule has 0 bridgehead atoms. The molecule has 0 atom stereocenters. The third-order valence-electron chi connectivity index (χ3n) is 15.8. The lowest BCUT2D eigenvalue weighted by molar-refractivity contribution is 0.332. The van der Waals surface area contributed by atoms with Crippen molar-refractivity contribution < 1.29 is 0 Å². The fourth-order valence-electron chi connectivity index (χ4n) is 12.3. The van der Waals surface area contributed by atoms with E-state index in [9.17, 15) is 0 Å². The van der Waals surface area contributed by atoms with Gasteiger partial charge in [0, 0.05) is 73.4 Å². The van der Waals surface area contributed by atoms with Crippen LogP contribution in [0.3, 0.4) is 0 Å². The van der Waals surface area contributed by atoms with Crippen LogP contribution in [0.5, 0.6) is 0 Å². The lowest BCUT2D eigenvalue weighted by Crippen LogP contribution is -2.55. The zero-order valence-electron chi connectivity index (χ0n) is 38.1. The molecule has 0 saturated carbocycles. The van der Waals surface area contributed by atoms with E-state index < -0.39 is 0 Å². The monoisotopic (exact) mass is 872 g/mol. The molecule has 11 aromatic rings. The summed E-state index contributed by atoms with van der Waals surface area (Å²) in [6.07, 6.45) is 2.36. The second-order valence-electron chi connectivity index (χ2n) is 21.5. The molecule has 14 rings (SSSR count). The molecule has 5 heteroatoms. The molecule has 2 aliphatic heterocycles. The number of hydrogen-bond donors (Lipinski definition) is 0. The molecule has 65 heavy (non-hydrogen) atoms. The number of benzene rings is 8. The molecule has 0 N–H and O–H groups in total. The van der Waals surface area contributed by atoms with Crippen LogP contribution in [-0.4, -0.2) is 11.3 Å². The number of aromatic nitrogens is 1. The van der Waals surface area contributed by atoms with Gasteiger partial charge in [0.05, 0.1) is 17.1 Å². The summed E-state index contributed by atoms with van der Waals surface area (Å²) >= 11 is 3.99. The van der Waals surface area contributed by atoms with Crippen molar-refractivity contribution >= 4 is 120 Å². The van der Waals surface area contributed by atoms with Gasteiger partial charge in [-0.15, -0.1) is 22.7 Å². The van der Waals surface area contributed by atoms with Gasteiger partial charge in [-0.3, -0.25) is 0 Å². The van der Waals surface area contributed by atoms with Crippen LogP contribution in [0.25, 0.3) is 85.1 Å². The standard InChI is InChI=1S/C60H49BN2S2/c1-58(2,3)36-25-27-47(42(30-36)34-16-9-8-10-17-34)62-55-44-31-45-46(60(6,7)29-28-59(45,4)5)33-49(44)65-57(55)61-52-43(32-50-51(56(52)62)41-20-13-14-23-48(41)64-50)39-22-15-21-38-40-26-24-35-18-11-12-19-37(35)53(40)63(61)54(38)39/h8-27,30-33H,28-29H2,1-7H3. The normalized spacial score (nSPS) is 16.0. The highest BCUT2D eigenvalue weighted by atomic mass is 32.1. The first-order valence-corrected chi connectivity index (χ1v) is 25.1. The molecule has 8 aromatic carbocycles. The van der Waals surface area contributed by atoms with Crippen LogP contribution in [0.1, 0.15) is 78.0 Å². The molecule has 1 aliphatic carbocycles. The fraction of sp³-hybridized carbons (Fsp3) is 0.200. The lowest BCUT2D eigenvalue weighted by Gasteiger charge is -2.42. The molecule has 3 aromatic heterocycles. The first-order valence-electron chi connectivity index (χ1n) is 23.4. The zero-order chi connectivity index (χ0) is 43.9. The Bertz CT molecular complexity index is 3890. The van der Waals surface area contributed by atoms with Crippen LogP contribution in [0.2, 0.25) is 0 Å². The average Bonchev–Trinajstić information content (AvgIpc) is 3.99. The number of anilines is 3. The summed E-state index contributed by atoms with van der Waals surface area (Å²) in [6.45, 7) is 16.9. The summed E-state index contributed by atoms with van der Waals surface area (Å²) in [5.41, 5.74) is 17.7. The Balaban J connectivity index is 1.23. The second kappa shape index (κ2) is 12.8. The molecule has 0 amide bonds. The van der Waals surface area contributed by atoms with E-state index in [1.165, 1.54) is 142 Å². The van der Waals surface area contributed by atoms with Crippen LogP contribution < -0.4 is 15.1 Å². The maximum absolute atomic E-state index is 2.80. The van der Waals surface area contributed by atoms with Crippen molar-refractivity contribution in [3.05, 3.63) is 162 Å². The maximum atomic E-state index is 2.80. The highest BCUT2D eigenvalue weighted by Crippen LogP contribution is 2.57. The van der Waals surface area contributed by atoms with Crippen molar-refractivity contribution in [1.29, 1.82) is 0 Å². The number of fused-ring (bicyclic) bond motifs is 16. The SMILES string of the molecule is CC(C)(C)c1ccc(N2c3c(sc4cc5c(cc34)C(C)(C)CCC5(C)C)B3c4c(cc5sc6ccccc6c5c42)-c2cccc4c5ccc6ccccc6c5n3c24)c(-c2ccccc2)c1. The molecular formula is C60H49BN2S2. The van der Waals surface area contributed by atoms with E-state index in [0.717, 1.165) is 0 Å². The Morgan fingerprint density at radius 3 is 2.03 bits per heavy atom. The van der Waals surface area contributed by atoms with E-state index in [4.69, 9.17) is 0 Å². The molecule has 0 unspecified atom stereocenters. The van der Waals surface area contributed by atoms with Crippen molar-refractivity contribution in [2.24, 2.45) is 0 Å². The first kappa shape index (κ1) is 38.2. The van der Waals surface area contributed by atoms with Gasteiger partial charge < -0.3 is 9.38 Å². The van der Waals surface area contributed by atoms with Crippen LogP contribution in [0.15, 0.2) is 146 Å². The average molecular weight is 873 g/mol. The molecule has 3 aliphatic rings. The summed E-state index contributed by atoms with van der Waals surface area (Å²) in [5.74, 6) is 0. The van der Waals surface area contributed by atoms with Gasteiger partial charge in [-0.1, -0.05) is 158 Å². The minimum atomic E-state index is -0.0421. The number of nitrogens with zero attached hydrogens (tertiary/aromatic N) is 2. The molecule has 2 nitrogen and oxygen atoms in total. The van der Waals surface area contributed by atoms with Gasteiger partial charge in [-0.2, -0.15) is 0 Å². The molecular weight excluding hydrogens is 824 g/mol. The Morgan fingerprint density at radius 2 is 1.23 bits per heavy atom. The molecule has 0 radical (unpaired) electrons. The second-order valence-corrected chi connectivity index (χ2v) is 23.6. The Hall–Kier alpha value is -6.14. The van der Waals surface area contributed by atoms with Gasteiger partial charge >= 0.3 is 6.85 Å². The van der Waals surface area contributed by atoms with E-state index in [2.05, 4.69) is 203 Å². The van der Waals surface area contributed by atoms with Crippen molar-refractivity contribution in [1.82, 2.24) is 4.48 Å². The van der Waals surface area contributed by atoms with E-state index >= 15 is 0 Å². The van der Waals surface area contributed by atoms with Crippen molar-refractivity contribution in [3.8, 4) is 22.3 Å². The van der Waals surface area contributed by atoms with Gasteiger partial charge in [0.1, 0.15) is 0 Å². The van der Waals surface area contributed by atoms with Crippen LogP contribution >= 0.6 is 22.7 Å². The topological polar surface area (TPSA) is 8.17 Å². The minimum absolute atomic E-state index is 0.0250. The Kier molecular flexibility index (Phi) is 7.52. The van der Waals surface area contributed by atoms with Gasteiger partial charge in [0.2, 0.25) is 0 Å². The van der Waals surface area contributed by atoms with E-state index in [0.29, 0.717) is 0 Å². The van der Waals surface area contributed by atoms with Crippen LogP contribution in [-0.2, 0) is 16.2 Å². The largest absolute Gasteiger partial charge is 0.374 e. The third-order valence-corrected chi connectivity index (χ3v) is 18.1. The summed E-state index contributed by atoms with van der Waals surface area (Å²) in [4.78, 5) is 2.78. The molecule has 5 heterocycles. The minimum Gasteiger partial charge on any atom is -0.374 e.